The first-order chi connectivity index (χ1) is 13.9. The topological polar surface area (TPSA) is 108 Å². The fraction of sp³-hybridized carbons (Fsp3) is 0.524. The molecule has 29 heavy (non-hydrogen) atoms. The molecule has 5 amide bonds. The van der Waals surface area contributed by atoms with E-state index in [9.17, 15) is 19.2 Å². The van der Waals surface area contributed by atoms with Crippen molar-refractivity contribution in [2.75, 3.05) is 18.4 Å². The standard InChI is InChI=1S/C21H28N4O4/c1-3-15-9-4-5-10-16(15)23-17(26)12-22-18(27)13-25-19(28)21(24-20(25)29)11-7-6-8-14(21)2/h4-5,9-10,14H,3,6-8,11-13H2,1-2H3,(H,22,27)(H,23,26)(H,24,29)/t14-,21-/m0/s1. The normalized spacial score (nSPS) is 23.8. The minimum Gasteiger partial charge on any atom is -0.345 e. The molecule has 0 unspecified atom stereocenters. The number of benzene rings is 1. The Morgan fingerprint density at radius 2 is 1.97 bits per heavy atom. The summed E-state index contributed by atoms with van der Waals surface area (Å²) in [6.07, 6.45) is 4.13. The van der Waals surface area contributed by atoms with Crippen molar-refractivity contribution in [3.05, 3.63) is 29.8 Å². The number of imide groups is 1. The zero-order valence-corrected chi connectivity index (χ0v) is 16.9. The van der Waals surface area contributed by atoms with Crippen molar-refractivity contribution in [2.24, 2.45) is 5.92 Å². The van der Waals surface area contributed by atoms with E-state index < -0.39 is 24.0 Å². The summed E-state index contributed by atoms with van der Waals surface area (Å²) in [6.45, 7) is 3.32. The molecule has 1 aliphatic heterocycles. The highest BCUT2D eigenvalue weighted by atomic mass is 16.2. The first kappa shape index (κ1) is 20.8. The van der Waals surface area contributed by atoms with Gasteiger partial charge in [-0.3, -0.25) is 19.3 Å². The van der Waals surface area contributed by atoms with Gasteiger partial charge in [0.25, 0.3) is 5.91 Å². The second kappa shape index (κ2) is 8.63. The molecule has 0 aromatic heterocycles. The van der Waals surface area contributed by atoms with Crippen LogP contribution in [0.1, 0.15) is 45.1 Å². The van der Waals surface area contributed by atoms with Gasteiger partial charge in [0.05, 0.1) is 6.54 Å². The molecule has 8 heteroatoms. The van der Waals surface area contributed by atoms with Crippen LogP contribution in [0.5, 0.6) is 0 Å². The summed E-state index contributed by atoms with van der Waals surface area (Å²) in [5.74, 6) is -1.22. The Bertz CT molecular complexity index is 825. The summed E-state index contributed by atoms with van der Waals surface area (Å²) in [5.41, 5.74) is 0.812. The number of anilines is 1. The Morgan fingerprint density at radius 3 is 2.69 bits per heavy atom. The van der Waals surface area contributed by atoms with Gasteiger partial charge in [-0.25, -0.2) is 4.79 Å². The van der Waals surface area contributed by atoms with Crippen LogP contribution >= 0.6 is 0 Å². The van der Waals surface area contributed by atoms with Crippen LogP contribution < -0.4 is 16.0 Å². The van der Waals surface area contributed by atoms with Crippen LogP contribution in [-0.2, 0) is 20.8 Å². The lowest BCUT2D eigenvalue weighted by Gasteiger charge is -2.36. The largest absolute Gasteiger partial charge is 0.345 e. The SMILES string of the molecule is CCc1ccccc1NC(=O)CNC(=O)CN1C(=O)N[C@]2(CCCC[C@@H]2C)C1=O. The molecule has 2 atom stereocenters. The van der Waals surface area contributed by atoms with Crippen LogP contribution in [0.15, 0.2) is 24.3 Å². The van der Waals surface area contributed by atoms with E-state index in [1.165, 1.54) is 0 Å². The third-order valence-electron chi connectivity index (χ3n) is 5.92. The molecule has 0 radical (unpaired) electrons. The summed E-state index contributed by atoms with van der Waals surface area (Å²) in [4.78, 5) is 50.6. The fourth-order valence-electron chi connectivity index (χ4n) is 4.16. The van der Waals surface area contributed by atoms with Crippen LogP contribution in [-0.4, -0.2) is 47.3 Å². The zero-order chi connectivity index (χ0) is 21.0. The molecule has 156 valence electrons. The number of nitrogens with zero attached hydrogens (tertiary/aromatic N) is 1. The van der Waals surface area contributed by atoms with Crippen molar-refractivity contribution in [2.45, 2.75) is 51.5 Å². The third-order valence-corrected chi connectivity index (χ3v) is 5.92. The highest BCUT2D eigenvalue weighted by Gasteiger charge is 2.55. The number of amides is 5. The molecule has 2 fully saturated rings. The third kappa shape index (κ3) is 4.26. The summed E-state index contributed by atoms with van der Waals surface area (Å²) in [7, 11) is 0. The average Bonchev–Trinajstić information content (AvgIpc) is 2.94. The number of aryl methyl sites for hydroxylation is 1. The van der Waals surface area contributed by atoms with Gasteiger partial charge in [0, 0.05) is 5.69 Å². The monoisotopic (exact) mass is 400 g/mol. The van der Waals surface area contributed by atoms with E-state index in [1.807, 2.05) is 32.0 Å². The van der Waals surface area contributed by atoms with Gasteiger partial charge in [-0.15, -0.1) is 0 Å². The first-order valence-electron chi connectivity index (χ1n) is 10.2. The number of carbonyl (C=O) groups is 4. The van der Waals surface area contributed by atoms with Crippen LogP contribution in [0.2, 0.25) is 0 Å². The summed E-state index contributed by atoms with van der Waals surface area (Å²) >= 11 is 0. The second-order valence-corrected chi connectivity index (χ2v) is 7.78. The van der Waals surface area contributed by atoms with E-state index >= 15 is 0 Å². The molecule has 1 spiro atoms. The summed E-state index contributed by atoms with van der Waals surface area (Å²) < 4.78 is 0. The number of carbonyl (C=O) groups excluding carboxylic acids is 4. The lowest BCUT2D eigenvalue weighted by Crippen LogP contribution is -2.54. The van der Waals surface area contributed by atoms with E-state index in [4.69, 9.17) is 0 Å². The summed E-state index contributed by atoms with van der Waals surface area (Å²) in [5, 5.41) is 8.07. The van der Waals surface area contributed by atoms with Gasteiger partial charge in [-0.05, 0) is 36.8 Å². The van der Waals surface area contributed by atoms with Gasteiger partial charge in [0.1, 0.15) is 12.1 Å². The molecule has 0 bridgehead atoms. The molecular formula is C21H28N4O4. The second-order valence-electron chi connectivity index (χ2n) is 7.78. The Hall–Kier alpha value is -2.90. The molecule has 1 heterocycles. The van der Waals surface area contributed by atoms with Gasteiger partial charge in [-0.2, -0.15) is 0 Å². The zero-order valence-electron chi connectivity index (χ0n) is 16.9. The fourth-order valence-corrected chi connectivity index (χ4v) is 4.16. The molecule has 2 aliphatic rings. The number of hydrogen-bond donors (Lipinski definition) is 3. The van der Waals surface area contributed by atoms with Crippen molar-refractivity contribution < 1.29 is 19.2 Å². The number of rotatable bonds is 6. The van der Waals surface area contributed by atoms with E-state index in [-0.39, 0.29) is 24.3 Å². The smallest absolute Gasteiger partial charge is 0.325 e. The average molecular weight is 400 g/mol. The van der Waals surface area contributed by atoms with Gasteiger partial charge >= 0.3 is 6.03 Å². The minimum absolute atomic E-state index is 0.0326. The molecule has 1 aliphatic carbocycles. The summed E-state index contributed by atoms with van der Waals surface area (Å²) in [6, 6.07) is 6.91. The van der Waals surface area contributed by atoms with Crippen molar-refractivity contribution in [1.29, 1.82) is 0 Å². The van der Waals surface area contributed by atoms with Gasteiger partial charge in [-0.1, -0.05) is 44.9 Å². The Balaban J connectivity index is 1.53. The maximum Gasteiger partial charge on any atom is 0.325 e. The molecule has 3 rings (SSSR count). The Morgan fingerprint density at radius 1 is 1.21 bits per heavy atom. The van der Waals surface area contributed by atoms with Gasteiger partial charge < -0.3 is 16.0 Å². The predicted molar refractivity (Wildman–Crippen MR) is 108 cm³/mol. The van der Waals surface area contributed by atoms with Crippen LogP contribution in [0.25, 0.3) is 0 Å². The predicted octanol–water partition coefficient (Wildman–Crippen LogP) is 1.80. The van der Waals surface area contributed by atoms with E-state index in [0.717, 1.165) is 36.1 Å². The maximum absolute atomic E-state index is 12.9. The minimum atomic E-state index is -0.892. The molecular weight excluding hydrogens is 372 g/mol. The van der Waals surface area contributed by atoms with Crippen molar-refractivity contribution in [3.63, 3.8) is 0 Å². The number of para-hydroxylation sites is 1. The van der Waals surface area contributed by atoms with Crippen LogP contribution in [0.3, 0.4) is 0 Å². The number of nitrogens with one attached hydrogen (secondary N) is 3. The molecule has 3 N–H and O–H groups in total. The quantitative estimate of drug-likeness (QED) is 0.633. The molecule has 1 saturated carbocycles. The van der Waals surface area contributed by atoms with E-state index in [0.29, 0.717) is 12.1 Å². The highest BCUT2D eigenvalue weighted by molar-refractivity contribution is 6.09. The lowest BCUT2D eigenvalue weighted by molar-refractivity contribution is -0.137. The van der Waals surface area contributed by atoms with Crippen LogP contribution in [0.4, 0.5) is 10.5 Å². The Labute approximate surface area is 170 Å². The van der Waals surface area contributed by atoms with E-state index in [1.54, 1.807) is 6.07 Å². The van der Waals surface area contributed by atoms with Gasteiger partial charge in [0.2, 0.25) is 11.8 Å². The number of hydrogen-bond acceptors (Lipinski definition) is 4. The van der Waals surface area contributed by atoms with E-state index in [2.05, 4.69) is 16.0 Å². The lowest BCUT2D eigenvalue weighted by atomic mass is 9.73. The van der Waals surface area contributed by atoms with Crippen molar-refractivity contribution in [3.8, 4) is 0 Å². The maximum atomic E-state index is 12.9. The molecule has 8 nitrogen and oxygen atoms in total. The molecule has 1 saturated heterocycles. The van der Waals surface area contributed by atoms with Crippen LogP contribution in [0, 0.1) is 5.92 Å². The van der Waals surface area contributed by atoms with Crippen molar-refractivity contribution in [1.82, 2.24) is 15.5 Å². The highest BCUT2D eigenvalue weighted by Crippen LogP contribution is 2.38. The van der Waals surface area contributed by atoms with Crippen molar-refractivity contribution >= 4 is 29.4 Å². The molecule has 1 aromatic rings. The molecule has 1 aromatic carbocycles. The Kier molecular flexibility index (Phi) is 6.20. The van der Waals surface area contributed by atoms with Gasteiger partial charge in [0.15, 0.2) is 0 Å². The number of urea groups is 1. The first-order valence-corrected chi connectivity index (χ1v) is 10.2.